The second kappa shape index (κ2) is 7.61. The SMILES string of the molecule is COc1cccc(C[C@H](N)C(C)=O)c1OCc1ccccc1. The molecule has 0 aliphatic carbocycles. The Bertz CT molecular complexity index is 625. The Morgan fingerprint density at radius 2 is 1.86 bits per heavy atom. The largest absolute Gasteiger partial charge is 0.493 e. The maximum absolute atomic E-state index is 11.4. The number of ketones is 1. The molecular weight excluding hydrogens is 278 g/mol. The van der Waals surface area contributed by atoms with Crippen molar-refractivity contribution >= 4 is 5.78 Å². The van der Waals surface area contributed by atoms with Crippen LogP contribution in [0.15, 0.2) is 48.5 Å². The number of nitrogens with two attached hydrogens (primary N) is 1. The molecule has 2 rings (SSSR count). The third-order valence-electron chi connectivity index (χ3n) is 3.47. The quantitative estimate of drug-likeness (QED) is 0.854. The number of hydrogen-bond acceptors (Lipinski definition) is 4. The zero-order valence-corrected chi connectivity index (χ0v) is 12.9. The van der Waals surface area contributed by atoms with E-state index in [1.54, 1.807) is 7.11 Å². The maximum atomic E-state index is 11.4. The van der Waals surface area contributed by atoms with Crippen LogP contribution in [0.4, 0.5) is 0 Å². The Morgan fingerprint density at radius 1 is 1.14 bits per heavy atom. The first-order valence-corrected chi connectivity index (χ1v) is 7.20. The summed E-state index contributed by atoms with van der Waals surface area (Å²) in [5.41, 5.74) is 7.81. The number of benzene rings is 2. The second-order valence-corrected chi connectivity index (χ2v) is 5.14. The lowest BCUT2D eigenvalue weighted by atomic mass is 10.0. The van der Waals surface area contributed by atoms with E-state index in [2.05, 4.69) is 0 Å². The molecule has 0 saturated heterocycles. The standard InChI is InChI=1S/C18H21NO3/c1-13(20)16(19)11-15-9-6-10-17(21-2)18(15)22-12-14-7-4-3-5-8-14/h3-10,16H,11-12,19H2,1-2H3/t16-/m0/s1. The Kier molecular flexibility index (Phi) is 5.55. The first-order valence-electron chi connectivity index (χ1n) is 7.20. The van der Waals surface area contributed by atoms with E-state index in [0.717, 1.165) is 11.1 Å². The number of hydrogen-bond donors (Lipinski definition) is 1. The van der Waals surface area contributed by atoms with Gasteiger partial charge in [0, 0.05) is 5.56 Å². The van der Waals surface area contributed by atoms with Crippen molar-refractivity contribution in [3.8, 4) is 11.5 Å². The lowest BCUT2D eigenvalue weighted by molar-refractivity contribution is -0.118. The topological polar surface area (TPSA) is 61.5 Å². The maximum Gasteiger partial charge on any atom is 0.164 e. The van der Waals surface area contributed by atoms with E-state index in [1.807, 2.05) is 48.5 Å². The van der Waals surface area contributed by atoms with Gasteiger partial charge in [0.05, 0.1) is 13.2 Å². The Labute approximate surface area is 130 Å². The van der Waals surface area contributed by atoms with E-state index < -0.39 is 6.04 Å². The fraction of sp³-hybridized carbons (Fsp3) is 0.278. The summed E-state index contributed by atoms with van der Waals surface area (Å²) in [6, 6.07) is 15.0. The highest BCUT2D eigenvalue weighted by Crippen LogP contribution is 2.32. The van der Waals surface area contributed by atoms with Crippen LogP contribution in [0, 0.1) is 0 Å². The molecule has 0 heterocycles. The van der Waals surface area contributed by atoms with Crippen LogP contribution in [-0.2, 0) is 17.8 Å². The Hall–Kier alpha value is -2.33. The molecule has 0 aliphatic rings. The molecule has 0 saturated carbocycles. The molecule has 2 aromatic carbocycles. The number of rotatable bonds is 7. The van der Waals surface area contributed by atoms with Gasteiger partial charge in [-0.25, -0.2) is 0 Å². The molecule has 0 unspecified atom stereocenters. The van der Waals surface area contributed by atoms with E-state index in [0.29, 0.717) is 24.5 Å². The van der Waals surface area contributed by atoms with Gasteiger partial charge in [0.25, 0.3) is 0 Å². The highest BCUT2D eigenvalue weighted by atomic mass is 16.5. The fourth-order valence-electron chi connectivity index (χ4n) is 2.16. The minimum Gasteiger partial charge on any atom is -0.493 e. The summed E-state index contributed by atoms with van der Waals surface area (Å²) < 4.78 is 11.3. The smallest absolute Gasteiger partial charge is 0.164 e. The van der Waals surface area contributed by atoms with Crippen molar-refractivity contribution in [3.05, 3.63) is 59.7 Å². The molecule has 0 aromatic heterocycles. The third kappa shape index (κ3) is 4.09. The summed E-state index contributed by atoms with van der Waals surface area (Å²) in [6.45, 7) is 1.93. The molecule has 0 amide bonds. The normalized spacial score (nSPS) is 11.8. The van der Waals surface area contributed by atoms with E-state index in [1.165, 1.54) is 6.92 Å². The molecule has 116 valence electrons. The van der Waals surface area contributed by atoms with Crippen molar-refractivity contribution in [3.63, 3.8) is 0 Å². The number of Topliss-reactive ketones (excluding diaryl/α,β-unsaturated/α-hetero) is 1. The number of para-hydroxylation sites is 1. The minimum atomic E-state index is -0.536. The van der Waals surface area contributed by atoms with Gasteiger partial charge in [-0.1, -0.05) is 42.5 Å². The third-order valence-corrected chi connectivity index (χ3v) is 3.47. The number of methoxy groups -OCH3 is 1. The summed E-state index contributed by atoms with van der Waals surface area (Å²) in [6.07, 6.45) is 0.427. The molecule has 22 heavy (non-hydrogen) atoms. The molecule has 4 heteroatoms. The summed E-state index contributed by atoms with van der Waals surface area (Å²) >= 11 is 0. The van der Waals surface area contributed by atoms with Gasteiger partial charge in [0.15, 0.2) is 11.5 Å². The number of ether oxygens (including phenoxy) is 2. The van der Waals surface area contributed by atoms with Gasteiger partial charge in [-0.2, -0.15) is 0 Å². The number of carbonyl (C=O) groups excluding carboxylic acids is 1. The van der Waals surface area contributed by atoms with Crippen molar-refractivity contribution in [2.45, 2.75) is 26.0 Å². The zero-order valence-electron chi connectivity index (χ0n) is 12.9. The van der Waals surface area contributed by atoms with Crippen LogP contribution in [0.1, 0.15) is 18.1 Å². The fourth-order valence-corrected chi connectivity index (χ4v) is 2.16. The monoisotopic (exact) mass is 299 g/mol. The average Bonchev–Trinajstić information content (AvgIpc) is 2.54. The van der Waals surface area contributed by atoms with Gasteiger partial charge in [-0.05, 0) is 25.0 Å². The van der Waals surface area contributed by atoms with Crippen molar-refractivity contribution in [2.24, 2.45) is 5.73 Å². The molecule has 4 nitrogen and oxygen atoms in total. The first-order chi connectivity index (χ1) is 10.6. The van der Waals surface area contributed by atoms with Crippen LogP contribution in [0.3, 0.4) is 0 Å². The van der Waals surface area contributed by atoms with Crippen molar-refractivity contribution in [1.82, 2.24) is 0 Å². The van der Waals surface area contributed by atoms with E-state index in [4.69, 9.17) is 15.2 Å². The molecule has 1 atom stereocenters. The van der Waals surface area contributed by atoms with Crippen LogP contribution in [-0.4, -0.2) is 18.9 Å². The highest BCUT2D eigenvalue weighted by molar-refractivity contribution is 5.81. The molecule has 0 fully saturated rings. The van der Waals surface area contributed by atoms with Gasteiger partial charge in [-0.3, -0.25) is 4.79 Å². The second-order valence-electron chi connectivity index (χ2n) is 5.14. The molecule has 0 aliphatic heterocycles. The number of carbonyl (C=O) groups is 1. The summed E-state index contributed by atoms with van der Waals surface area (Å²) in [5.74, 6) is 1.24. The van der Waals surface area contributed by atoms with Crippen LogP contribution >= 0.6 is 0 Å². The molecule has 0 spiro atoms. The Morgan fingerprint density at radius 3 is 2.50 bits per heavy atom. The minimum absolute atomic E-state index is 0.0446. The van der Waals surface area contributed by atoms with Crippen molar-refractivity contribution in [1.29, 1.82) is 0 Å². The van der Waals surface area contributed by atoms with Gasteiger partial charge < -0.3 is 15.2 Å². The predicted molar refractivity (Wildman–Crippen MR) is 86.1 cm³/mol. The van der Waals surface area contributed by atoms with E-state index in [9.17, 15) is 4.79 Å². The highest BCUT2D eigenvalue weighted by Gasteiger charge is 2.16. The van der Waals surface area contributed by atoms with Crippen molar-refractivity contribution < 1.29 is 14.3 Å². The van der Waals surface area contributed by atoms with Crippen molar-refractivity contribution in [2.75, 3.05) is 7.11 Å². The lowest BCUT2D eigenvalue weighted by Crippen LogP contribution is -2.30. The Balaban J connectivity index is 2.21. The van der Waals surface area contributed by atoms with Gasteiger partial charge in [-0.15, -0.1) is 0 Å². The lowest BCUT2D eigenvalue weighted by Gasteiger charge is -2.17. The van der Waals surface area contributed by atoms with E-state index >= 15 is 0 Å². The van der Waals surface area contributed by atoms with E-state index in [-0.39, 0.29) is 5.78 Å². The zero-order chi connectivity index (χ0) is 15.9. The molecular formula is C18H21NO3. The van der Waals surface area contributed by atoms with Gasteiger partial charge in [0.1, 0.15) is 12.4 Å². The summed E-state index contributed by atoms with van der Waals surface area (Å²) in [4.78, 5) is 11.4. The summed E-state index contributed by atoms with van der Waals surface area (Å²) in [5, 5.41) is 0. The molecule has 0 radical (unpaired) electrons. The molecule has 2 aromatic rings. The molecule has 0 bridgehead atoms. The molecule has 2 N–H and O–H groups in total. The van der Waals surface area contributed by atoms with Crippen LogP contribution < -0.4 is 15.2 Å². The predicted octanol–water partition coefficient (Wildman–Crippen LogP) is 2.73. The van der Waals surface area contributed by atoms with Crippen LogP contribution in [0.25, 0.3) is 0 Å². The average molecular weight is 299 g/mol. The first kappa shape index (κ1) is 16.0. The van der Waals surface area contributed by atoms with Crippen LogP contribution in [0.2, 0.25) is 0 Å². The summed E-state index contributed by atoms with van der Waals surface area (Å²) in [7, 11) is 1.60. The van der Waals surface area contributed by atoms with Gasteiger partial charge in [0.2, 0.25) is 0 Å². The van der Waals surface area contributed by atoms with Gasteiger partial charge >= 0.3 is 0 Å². The van der Waals surface area contributed by atoms with Crippen LogP contribution in [0.5, 0.6) is 11.5 Å².